The summed E-state index contributed by atoms with van der Waals surface area (Å²) in [4.78, 5) is 17.0. The van der Waals surface area contributed by atoms with Crippen molar-refractivity contribution >= 4 is 30.4 Å². The van der Waals surface area contributed by atoms with Crippen molar-refractivity contribution in [1.29, 1.82) is 0 Å². The molecule has 7 heteroatoms. The summed E-state index contributed by atoms with van der Waals surface area (Å²) in [5, 5.41) is 3.95. The van der Waals surface area contributed by atoms with Gasteiger partial charge in [0.15, 0.2) is 0 Å². The normalized spacial score (nSPS) is 22.0. The Morgan fingerprint density at radius 2 is 2.36 bits per heavy atom. The number of carbonyl (C=O) groups is 1. The summed E-state index contributed by atoms with van der Waals surface area (Å²) in [6.07, 6.45) is 0.440. The Morgan fingerprint density at radius 1 is 1.64 bits per heavy atom. The maximum atomic E-state index is 11.5. The van der Waals surface area contributed by atoms with Crippen LogP contribution in [0.2, 0.25) is 0 Å². The molecule has 14 heavy (non-hydrogen) atoms. The van der Waals surface area contributed by atoms with Crippen molar-refractivity contribution in [2.75, 3.05) is 17.2 Å². The molecule has 0 spiro atoms. The van der Waals surface area contributed by atoms with Crippen LogP contribution < -0.4 is 10.6 Å². The van der Waals surface area contributed by atoms with Crippen molar-refractivity contribution < 1.29 is 4.79 Å². The number of carbonyl (C=O) groups excluding carboxylic acids is 1. The Bertz CT molecular complexity index is 376. The van der Waals surface area contributed by atoms with Crippen LogP contribution in [0.15, 0.2) is 0 Å². The number of hydrogen-bond acceptors (Lipinski definition) is 5. The number of anilines is 2. The van der Waals surface area contributed by atoms with Crippen molar-refractivity contribution in [2.45, 2.75) is 11.7 Å². The molecular weight excluding hydrogens is 202 g/mol. The highest BCUT2D eigenvalue weighted by Crippen LogP contribution is 2.22. The third-order valence-corrected chi connectivity index (χ3v) is 2.45. The number of aryl methyl sites for hydroxylation is 1. The van der Waals surface area contributed by atoms with Crippen molar-refractivity contribution in [3.63, 3.8) is 0 Å². The minimum Gasteiger partial charge on any atom is -0.366 e. The average molecular weight is 213 g/mol. The molecular formula is C7H11N5OS. The van der Waals surface area contributed by atoms with E-state index >= 15 is 0 Å². The van der Waals surface area contributed by atoms with E-state index in [0.29, 0.717) is 18.9 Å². The largest absolute Gasteiger partial charge is 0.366 e. The van der Waals surface area contributed by atoms with E-state index in [0.717, 1.165) is 0 Å². The topological polar surface area (TPSA) is 77.0 Å². The number of rotatable bonds is 1. The maximum absolute atomic E-state index is 11.5. The number of nitrogens with two attached hydrogens (primary N) is 1. The highest BCUT2D eigenvalue weighted by atomic mass is 32.1. The van der Waals surface area contributed by atoms with Gasteiger partial charge in [-0.1, -0.05) is 0 Å². The Morgan fingerprint density at radius 3 is 2.79 bits per heavy atom. The van der Waals surface area contributed by atoms with Gasteiger partial charge in [0.25, 0.3) is 0 Å². The van der Waals surface area contributed by atoms with Crippen molar-refractivity contribution in [2.24, 2.45) is 7.05 Å². The van der Waals surface area contributed by atoms with Crippen LogP contribution in [0.4, 0.5) is 11.9 Å². The van der Waals surface area contributed by atoms with Gasteiger partial charge in [-0.15, -0.1) is 5.10 Å². The molecule has 2 heterocycles. The summed E-state index contributed by atoms with van der Waals surface area (Å²) in [7, 11) is 1.71. The molecule has 76 valence electrons. The molecule has 2 N–H and O–H groups in total. The molecule has 0 aromatic carbocycles. The SMILES string of the molecule is Cn1nc(N)nc1N1CC(S)CC1=O. The second kappa shape index (κ2) is 3.16. The molecule has 6 nitrogen and oxygen atoms in total. The smallest absolute Gasteiger partial charge is 0.241 e. The van der Waals surface area contributed by atoms with Gasteiger partial charge in [0.1, 0.15) is 0 Å². The minimum atomic E-state index is 0.0144. The molecule has 1 saturated heterocycles. The minimum absolute atomic E-state index is 0.0144. The second-order valence-corrected chi connectivity index (χ2v) is 3.99. The molecule has 1 fully saturated rings. The van der Waals surface area contributed by atoms with E-state index in [4.69, 9.17) is 5.73 Å². The Labute approximate surface area is 86.5 Å². The van der Waals surface area contributed by atoms with Gasteiger partial charge in [0, 0.05) is 25.3 Å². The first kappa shape index (κ1) is 9.32. The van der Waals surface area contributed by atoms with Gasteiger partial charge in [0.05, 0.1) is 0 Å². The summed E-state index contributed by atoms with van der Waals surface area (Å²) in [6.45, 7) is 0.563. The highest BCUT2D eigenvalue weighted by Gasteiger charge is 2.31. The highest BCUT2D eigenvalue weighted by molar-refractivity contribution is 7.81. The predicted octanol–water partition coefficient (Wildman–Crippen LogP) is -0.568. The standard InChI is InChI=1S/C7H11N5OS/c1-11-7(9-6(8)10-11)12-3-4(14)2-5(12)13/h4,14H,2-3H2,1H3,(H2,8,10). The molecule has 1 aromatic rings. The third kappa shape index (κ3) is 1.43. The quantitative estimate of drug-likeness (QED) is 0.613. The van der Waals surface area contributed by atoms with Crippen LogP contribution in [0.25, 0.3) is 0 Å². The zero-order chi connectivity index (χ0) is 10.3. The second-order valence-electron chi connectivity index (χ2n) is 3.26. The van der Waals surface area contributed by atoms with E-state index < -0.39 is 0 Å². The fourth-order valence-corrected chi connectivity index (χ4v) is 1.83. The Balaban J connectivity index is 2.31. The van der Waals surface area contributed by atoms with E-state index in [2.05, 4.69) is 22.7 Å². The first-order chi connectivity index (χ1) is 6.58. The molecule has 1 aromatic heterocycles. The number of aromatic nitrogens is 3. The van der Waals surface area contributed by atoms with Crippen LogP contribution in [0.1, 0.15) is 6.42 Å². The molecule has 1 atom stereocenters. The zero-order valence-corrected chi connectivity index (χ0v) is 8.61. The van der Waals surface area contributed by atoms with Gasteiger partial charge in [0.2, 0.25) is 17.8 Å². The van der Waals surface area contributed by atoms with E-state index in [-0.39, 0.29) is 17.1 Å². The molecule has 0 saturated carbocycles. The molecule has 1 aliphatic rings. The molecule has 1 amide bonds. The lowest BCUT2D eigenvalue weighted by molar-refractivity contribution is -0.117. The fourth-order valence-electron chi connectivity index (χ4n) is 1.51. The van der Waals surface area contributed by atoms with E-state index in [1.165, 1.54) is 4.68 Å². The lowest BCUT2D eigenvalue weighted by Gasteiger charge is -2.12. The van der Waals surface area contributed by atoms with Crippen LogP contribution in [-0.4, -0.2) is 32.5 Å². The Hall–Kier alpha value is -1.24. The number of nitrogens with zero attached hydrogens (tertiary/aromatic N) is 4. The third-order valence-electron chi connectivity index (χ3n) is 2.10. The van der Waals surface area contributed by atoms with Crippen molar-refractivity contribution in [3.8, 4) is 0 Å². The van der Waals surface area contributed by atoms with Crippen LogP contribution in [0, 0.1) is 0 Å². The van der Waals surface area contributed by atoms with E-state index in [1.807, 2.05) is 0 Å². The van der Waals surface area contributed by atoms with Gasteiger partial charge in [-0.2, -0.15) is 17.6 Å². The molecule has 0 aliphatic carbocycles. The van der Waals surface area contributed by atoms with Crippen molar-refractivity contribution in [3.05, 3.63) is 0 Å². The summed E-state index contributed by atoms with van der Waals surface area (Å²) in [5.41, 5.74) is 5.43. The van der Waals surface area contributed by atoms with Gasteiger partial charge in [-0.05, 0) is 0 Å². The molecule has 2 rings (SSSR count). The molecule has 1 aliphatic heterocycles. The summed E-state index contributed by atoms with van der Waals surface area (Å²) < 4.78 is 1.50. The van der Waals surface area contributed by atoms with Crippen LogP contribution in [0.5, 0.6) is 0 Å². The lowest BCUT2D eigenvalue weighted by Crippen LogP contribution is -2.27. The van der Waals surface area contributed by atoms with Gasteiger partial charge < -0.3 is 5.73 Å². The van der Waals surface area contributed by atoms with Crippen LogP contribution in [-0.2, 0) is 11.8 Å². The monoisotopic (exact) mass is 213 g/mol. The molecule has 1 unspecified atom stereocenters. The van der Waals surface area contributed by atoms with Crippen LogP contribution >= 0.6 is 12.6 Å². The van der Waals surface area contributed by atoms with Gasteiger partial charge in [-0.3, -0.25) is 9.69 Å². The first-order valence-electron chi connectivity index (χ1n) is 4.23. The predicted molar refractivity (Wildman–Crippen MR) is 55.2 cm³/mol. The fraction of sp³-hybridized carbons (Fsp3) is 0.571. The van der Waals surface area contributed by atoms with Crippen LogP contribution in [0.3, 0.4) is 0 Å². The van der Waals surface area contributed by atoms with E-state index in [9.17, 15) is 4.79 Å². The summed E-state index contributed by atoms with van der Waals surface area (Å²) in [6, 6.07) is 0. The number of hydrogen-bond donors (Lipinski definition) is 2. The van der Waals surface area contributed by atoms with Gasteiger partial charge >= 0.3 is 0 Å². The van der Waals surface area contributed by atoms with Crippen molar-refractivity contribution in [1.82, 2.24) is 14.8 Å². The van der Waals surface area contributed by atoms with Gasteiger partial charge in [-0.25, -0.2) is 4.68 Å². The number of nitrogen functional groups attached to an aromatic ring is 1. The Kier molecular flexibility index (Phi) is 2.10. The van der Waals surface area contributed by atoms with E-state index in [1.54, 1.807) is 11.9 Å². The zero-order valence-electron chi connectivity index (χ0n) is 7.71. The molecule has 0 radical (unpaired) electrons. The average Bonchev–Trinajstić information content (AvgIpc) is 2.55. The summed E-state index contributed by atoms with van der Waals surface area (Å²) >= 11 is 4.25. The number of thiol groups is 1. The lowest BCUT2D eigenvalue weighted by atomic mass is 10.4. The maximum Gasteiger partial charge on any atom is 0.241 e. The summed E-state index contributed by atoms with van der Waals surface area (Å²) in [5.74, 6) is 0.683. The first-order valence-corrected chi connectivity index (χ1v) is 4.74. The molecule has 0 bridgehead atoms. The number of amides is 1.